The average Bonchev–Trinajstić information content (AvgIpc) is 2.69. The van der Waals surface area contributed by atoms with E-state index in [-0.39, 0.29) is 0 Å². The molecule has 1 saturated carbocycles. The van der Waals surface area contributed by atoms with Gasteiger partial charge in [0, 0.05) is 30.4 Å². The number of nitrogen functional groups attached to an aromatic ring is 1. The Morgan fingerprint density at radius 2 is 1.77 bits per heavy atom. The fraction of sp³-hybridized carbons (Fsp3) is 0.571. The zero-order chi connectivity index (χ0) is 18.0. The average molecular weight is 351 g/mol. The molecule has 2 aromatic heterocycles. The Morgan fingerprint density at radius 3 is 2.42 bits per heavy atom. The predicted molar refractivity (Wildman–Crippen MR) is 106 cm³/mol. The number of anilines is 2. The number of nitrogens with zero attached hydrogens (tertiary/aromatic N) is 4. The fourth-order valence-corrected chi connectivity index (χ4v) is 4.76. The molecule has 0 aromatic carbocycles. The van der Waals surface area contributed by atoms with E-state index in [0.29, 0.717) is 11.2 Å². The standard InChI is InChI=1S/C21H29N5/c1-2-17-19(16-6-7-18(22)23-14-16)20(25-15-24-17)26-12-10-21(11-13-26)8-4-3-5-9-21/h6-7,14-15H,2-5,8-13H2,1H3,(H2,22,23). The van der Waals surface area contributed by atoms with Gasteiger partial charge in [0.15, 0.2) is 0 Å². The van der Waals surface area contributed by atoms with E-state index >= 15 is 0 Å². The molecule has 2 aliphatic rings. The monoisotopic (exact) mass is 351 g/mol. The van der Waals surface area contributed by atoms with Crippen LogP contribution in [0.5, 0.6) is 0 Å². The van der Waals surface area contributed by atoms with Gasteiger partial charge < -0.3 is 10.6 Å². The van der Waals surface area contributed by atoms with Crippen molar-refractivity contribution in [1.29, 1.82) is 0 Å². The van der Waals surface area contributed by atoms with Crippen LogP contribution in [0, 0.1) is 5.41 Å². The summed E-state index contributed by atoms with van der Waals surface area (Å²) in [5, 5.41) is 0. The van der Waals surface area contributed by atoms with E-state index in [1.165, 1.54) is 44.9 Å². The highest BCUT2D eigenvalue weighted by atomic mass is 15.2. The van der Waals surface area contributed by atoms with E-state index in [2.05, 4.69) is 21.8 Å². The lowest BCUT2D eigenvalue weighted by atomic mass is 9.68. The first-order valence-electron chi connectivity index (χ1n) is 10.0. The molecule has 5 nitrogen and oxygen atoms in total. The molecule has 0 amide bonds. The molecule has 1 aliphatic carbocycles. The topological polar surface area (TPSA) is 67.9 Å². The van der Waals surface area contributed by atoms with Gasteiger partial charge in [0.05, 0.1) is 5.69 Å². The van der Waals surface area contributed by atoms with Gasteiger partial charge in [-0.2, -0.15) is 0 Å². The molecule has 1 saturated heterocycles. The third kappa shape index (κ3) is 3.27. The highest BCUT2D eigenvalue weighted by molar-refractivity contribution is 5.78. The maximum atomic E-state index is 5.78. The van der Waals surface area contributed by atoms with Crippen molar-refractivity contribution < 1.29 is 0 Å². The van der Waals surface area contributed by atoms with Crippen molar-refractivity contribution in [2.45, 2.75) is 58.3 Å². The van der Waals surface area contributed by atoms with Crippen molar-refractivity contribution in [2.24, 2.45) is 5.41 Å². The number of aromatic nitrogens is 3. The van der Waals surface area contributed by atoms with Crippen LogP contribution in [-0.4, -0.2) is 28.0 Å². The number of aryl methyl sites for hydroxylation is 1. The van der Waals surface area contributed by atoms with E-state index in [9.17, 15) is 0 Å². The smallest absolute Gasteiger partial charge is 0.140 e. The lowest BCUT2D eigenvalue weighted by Gasteiger charge is -2.45. The summed E-state index contributed by atoms with van der Waals surface area (Å²) in [6.07, 6.45) is 14.1. The van der Waals surface area contributed by atoms with E-state index in [1.54, 1.807) is 6.33 Å². The van der Waals surface area contributed by atoms with Gasteiger partial charge in [0.1, 0.15) is 18.0 Å². The fourth-order valence-electron chi connectivity index (χ4n) is 4.76. The second-order valence-corrected chi connectivity index (χ2v) is 7.89. The lowest BCUT2D eigenvalue weighted by molar-refractivity contribution is 0.144. The lowest BCUT2D eigenvalue weighted by Crippen LogP contribution is -2.41. The molecular weight excluding hydrogens is 322 g/mol. The van der Waals surface area contributed by atoms with Crippen LogP contribution < -0.4 is 10.6 Å². The molecular formula is C21H29N5. The van der Waals surface area contributed by atoms with Crippen LogP contribution in [0.3, 0.4) is 0 Å². The van der Waals surface area contributed by atoms with Crippen molar-refractivity contribution in [2.75, 3.05) is 23.7 Å². The largest absolute Gasteiger partial charge is 0.384 e. The zero-order valence-electron chi connectivity index (χ0n) is 15.7. The van der Waals surface area contributed by atoms with Crippen LogP contribution in [0.1, 0.15) is 57.6 Å². The molecule has 2 fully saturated rings. The van der Waals surface area contributed by atoms with Crippen LogP contribution >= 0.6 is 0 Å². The first-order valence-corrected chi connectivity index (χ1v) is 10.0. The van der Waals surface area contributed by atoms with Crippen LogP contribution in [0.2, 0.25) is 0 Å². The van der Waals surface area contributed by atoms with Gasteiger partial charge in [0.2, 0.25) is 0 Å². The summed E-state index contributed by atoms with van der Waals surface area (Å²) in [6.45, 7) is 4.33. The quantitative estimate of drug-likeness (QED) is 0.896. The van der Waals surface area contributed by atoms with Gasteiger partial charge in [-0.3, -0.25) is 0 Å². The summed E-state index contributed by atoms with van der Waals surface area (Å²) in [5.74, 6) is 1.61. The molecule has 5 heteroatoms. The van der Waals surface area contributed by atoms with Crippen LogP contribution in [0.4, 0.5) is 11.6 Å². The summed E-state index contributed by atoms with van der Waals surface area (Å²) >= 11 is 0. The maximum Gasteiger partial charge on any atom is 0.140 e. The minimum atomic E-state index is 0.544. The van der Waals surface area contributed by atoms with Crippen molar-refractivity contribution in [3.63, 3.8) is 0 Å². The van der Waals surface area contributed by atoms with Crippen molar-refractivity contribution in [3.8, 4) is 11.1 Å². The van der Waals surface area contributed by atoms with E-state index in [4.69, 9.17) is 10.7 Å². The molecule has 0 bridgehead atoms. The highest BCUT2D eigenvalue weighted by Crippen LogP contribution is 2.45. The third-order valence-electron chi connectivity index (χ3n) is 6.35. The van der Waals surface area contributed by atoms with E-state index < -0.39 is 0 Å². The molecule has 2 aromatic rings. The molecule has 26 heavy (non-hydrogen) atoms. The first kappa shape index (κ1) is 17.3. The molecule has 1 spiro atoms. The second-order valence-electron chi connectivity index (χ2n) is 7.89. The van der Waals surface area contributed by atoms with Crippen molar-refractivity contribution in [1.82, 2.24) is 15.0 Å². The molecule has 0 atom stereocenters. The molecule has 2 N–H and O–H groups in total. The predicted octanol–water partition coefficient (Wildman–Crippen LogP) is 4.23. The number of hydrogen-bond donors (Lipinski definition) is 1. The minimum absolute atomic E-state index is 0.544. The summed E-state index contributed by atoms with van der Waals surface area (Å²) in [4.78, 5) is 16.0. The number of hydrogen-bond acceptors (Lipinski definition) is 5. The Hall–Kier alpha value is -2.17. The number of nitrogens with two attached hydrogens (primary N) is 1. The van der Waals surface area contributed by atoms with Gasteiger partial charge in [-0.15, -0.1) is 0 Å². The zero-order valence-corrected chi connectivity index (χ0v) is 15.7. The Bertz CT molecular complexity index is 739. The van der Waals surface area contributed by atoms with Crippen LogP contribution in [0.25, 0.3) is 11.1 Å². The summed E-state index contributed by atoms with van der Waals surface area (Å²) in [5.41, 5.74) is 9.65. The second kappa shape index (κ2) is 7.22. The van der Waals surface area contributed by atoms with Crippen molar-refractivity contribution in [3.05, 3.63) is 30.4 Å². The highest BCUT2D eigenvalue weighted by Gasteiger charge is 2.36. The Morgan fingerprint density at radius 1 is 1.00 bits per heavy atom. The molecule has 4 rings (SSSR count). The molecule has 0 unspecified atom stereocenters. The third-order valence-corrected chi connectivity index (χ3v) is 6.35. The SMILES string of the molecule is CCc1ncnc(N2CCC3(CCCCC3)CC2)c1-c1ccc(N)nc1. The molecule has 1 aliphatic heterocycles. The summed E-state index contributed by atoms with van der Waals surface area (Å²) in [7, 11) is 0. The Balaban J connectivity index is 1.63. The minimum Gasteiger partial charge on any atom is -0.384 e. The van der Waals surface area contributed by atoms with Crippen LogP contribution in [-0.2, 0) is 6.42 Å². The number of rotatable bonds is 3. The number of pyridine rings is 1. The van der Waals surface area contributed by atoms with Gasteiger partial charge in [0.25, 0.3) is 0 Å². The molecule has 0 radical (unpaired) electrons. The van der Waals surface area contributed by atoms with E-state index in [1.807, 2.05) is 18.3 Å². The first-order chi connectivity index (χ1) is 12.7. The van der Waals surface area contributed by atoms with Gasteiger partial charge in [-0.1, -0.05) is 26.2 Å². The van der Waals surface area contributed by atoms with Gasteiger partial charge in [-0.05, 0) is 49.7 Å². The van der Waals surface area contributed by atoms with Crippen LogP contribution in [0.15, 0.2) is 24.7 Å². The molecule has 138 valence electrons. The Kier molecular flexibility index (Phi) is 4.79. The molecule has 3 heterocycles. The normalized spacial score (nSPS) is 19.7. The van der Waals surface area contributed by atoms with Gasteiger partial charge >= 0.3 is 0 Å². The number of piperidine rings is 1. The summed E-state index contributed by atoms with van der Waals surface area (Å²) in [6, 6.07) is 3.90. The van der Waals surface area contributed by atoms with Crippen molar-refractivity contribution >= 4 is 11.6 Å². The van der Waals surface area contributed by atoms with E-state index in [0.717, 1.165) is 42.1 Å². The summed E-state index contributed by atoms with van der Waals surface area (Å²) < 4.78 is 0. The maximum absolute atomic E-state index is 5.78. The van der Waals surface area contributed by atoms with Gasteiger partial charge in [-0.25, -0.2) is 15.0 Å². The Labute approximate surface area is 156 Å².